The predicted octanol–water partition coefficient (Wildman–Crippen LogP) is 2.57. The molecule has 0 saturated carbocycles. The quantitative estimate of drug-likeness (QED) is 0.898. The van der Waals surface area contributed by atoms with Crippen molar-refractivity contribution < 1.29 is 23.4 Å². The van der Waals surface area contributed by atoms with Crippen LogP contribution in [-0.2, 0) is 0 Å². The molecule has 0 aliphatic carbocycles. The van der Waals surface area contributed by atoms with Crippen molar-refractivity contribution in [3.8, 4) is 5.75 Å². The van der Waals surface area contributed by atoms with Gasteiger partial charge in [0.25, 0.3) is 6.43 Å². The number of urea groups is 1. The number of alkyl halides is 2. The van der Waals surface area contributed by atoms with Crippen LogP contribution in [0, 0.1) is 5.92 Å². The summed E-state index contributed by atoms with van der Waals surface area (Å²) in [6, 6.07) is 6.05. The summed E-state index contributed by atoms with van der Waals surface area (Å²) in [5, 5.41) is 12.5. The largest absolute Gasteiger partial charge is 0.485 e. The predicted molar refractivity (Wildman–Crippen MR) is 78.3 cm³/mol. The zero-order chi connectivity index (χ0) is 16.1. The van der Waals surface area contributed by atoms with E-state index in [1.54, 1.807) is 18.2 Å². The van der Waals surface area contributed by atoms with Crippen molar-refractivity contribution >= 4 is 11.7 Å². The van der Waals surface area contributed by atoms with E-state index in [2.05, 4.69) is 5.32 Å². The van der Waals surface area contributed by atoms with E-state index < -0.39 is 19.1 Å². The third kappa shape index (κ3) is 4.30. The van der Waals surface area contributed by atoms with Crippen LogP contribution in [-0.4, -0.2) is 48.3 Å². The van der Waals surface area contributed by atoms with Crippen molar-refractivity contribution in [1.29, 1.82) is 0 Å². The fourth-order valence-electron chi connectivity index (χ4n) is 2.28. The molecule has 2 rings (SSSR count). The number of aliphatic hydroxyl groups is 1. The standard InChI is InChI=1S/C15H20F2N2O3/c1-10-6-7-19(8-12(10)20)15(21)18-11-4-2-3-5-13(11)22-9-14(16)17/h2-5,10,12,14,20H,6-9H2,1H3,(H,18,21). The lowest BCUT2D eigenvalue weighted by molar-refractivity contribution is 0.0463. The highest BCUT2D eigenvalue weighted by molar-refractivity contribution is 5.91. The van der Waals surface area contributed by atoms with Crippen molar-refractivity contribution in [2.45, 2.75) is 25.9 Å². The van der Waals surface area contributed by atoms with Gasteiger partial charge in [-0.3, -0.25) is 0 Å². The minimum atomic E-state index is -2.58. The van der Waals surface area contributed by atoms with Gasteiger partial charge in [-0.1, -0.05) is 19.1 Å². The highest BCUT2D eigenvalue weighted by atomic mass is 19.3. The Morgan fingerprint density at radius 1 is 1.50 bits per heavy atom. The van der Waals surface area contributed by atoms with Gasteiger partial charge >= 0.3 is 6.03 Å². The van der Waals surface area contributed by atoms with Crippen LogP contribution in [0.5, 0.6) is 5.75 Å². The van der Waals surface area contributed by atoms with E-state index in [4.69, 9.17) is 4.74 Å². The molecule has 7 heteroatoms. The monoisotopic (exact) mass is 314 g/mol. The molecule has 0 spiro atoms. The van der Waals surface area contributed by atoms with Gasteiger partial charge in [0.1, 0.15) is 12.4 Å². The summed E-state index contributed by atoms with van der Waals surface area (Å²) >= 11 is 0. The van der Waals surface area contributed by atoms with Crippen LogP contribution >= 0.6 is 0 Å². The molecule has 2 N–H and O–H groups in total. The van der Waals surface area contributed by atoms with Gasteiger partial charge in [-0.15, -0.1) is 0 Å². The van der Waals surface area contributed by atoms with Crippen molar-refractivity contribution in [1.82, 2.24) is 4.90 Å². The number of ether oxygens (including phenoxy) is 1. The second-order valence-corrected chi connectivity index (χ2v) is 5.41. The Bertz CT molecular complexity index is 513. The number of anilines is 1. The first kappa shape index (κ1) is 16.5. The average Bonchev–Trinajstić information content (AvgIpc) is 2.49. The van der Waals surface area contributed by atoms with Crippen molar-refractivity contribution in [2.75, 3.05) is 25.0 Å². The van der Waals surface area contributed by atoms with E-state index >= 15 is 0 Å². The summed E-state index contributed by atoms with van der Waals surface area (Å²) in [5.41, 5.74) is 0.335. The maximum Gasteiger partial charge on any atom is 0.322 e. The molecular formula is C15H20F2N2O3. The van der Waals surface area contributed by atoms with E-state index in [0.29, 0.717) is 12.2 Å². The molecule has 1 fully saturated rings. The number of nitrogens with one attached hydrogen (secondary N) is 1. The third-order valence-electron chi connectivity index (χ3n) is 3.70. The van der Waals surface area contributed by atoms with Gasteiger partial charge in [0.05, 0.1) is 11.8 Å². The zero-order valence-corrected chi connectivity index (χ0v) is 12.3. The van der Waals surface area contributed by atoms with Gasteiger partial charge in [-0.2, -0.15) is 0 Å². The summed E-state index contributed by atoms with van der Waals surface area (Å²) in [4.78, 5) is 13.7. The first-order chi connectivity index (χ1) is 10.5. The van der Waals surface area contributed by atoms with E-state index in [1.807, 2.05) is 6.92 Å². The molecule has 0 bridgehead atoms. The van der Waals surface area contributed by atoms with E-state index in [0.717, 1.165) is 6.42 Å². The molecule has 1 saturated heterocycles. The lowest BCUT2D eigenvalue weighted by atomic mass is 9.96. The smallest absolute Gasteiger partial charge is 0.322 e. The first-order valence-electron chi connectivity index (χ1n) is 7.21. The number of para-hydroxylation sites is 2. The Morgan fingerprint density at radius 3 is 2.91 bits per heavy atom. The number of amides is 2. The lowest BCUT2D eigenvalue weighted by Crippen LogP contribution is -2.47. The number of aliphatic hydroxyl groups excluding tert-OH is 1. The van der Waals surface area contributed by atoms with Crippen molar-refractivity contribution in [3.63, 3.8) is 0 Å². The number of benzene rings is 1. The lowest BCUT2D eigenvalue weighted by Gasteiger charge is -2.34. The van der Waals surface area contributed by atoms with Crippen LogP contribution in [0.2, 0.25) is 0 Å². The molecule has 1 aromatic carbocycles. The number of nitrogens with zero attached hydrogens (tertiary/aromatic N) is 1. The van der Waals surface area contributed by atoms with Crippen LogP contribution in [0.1, 0.15) is 13.3 Å². The molecule has 1 aromatic rings. The van der Waals surface area contributed by atoms with Crippen LogP contribution in [0.3, 0.4) is 0 Å². The van der Waals surface area contributed by atoms with Crippen LogP contribution in [0.15, 0.2) is 24.3 Å². The number of carbonyl (C=O) groups is 1. The number of carbonyl (C=O) groups excluding carboxylic acids is 1. The second-order valence-electron chi connectivity index (χ2n) is 5.41. The Hall–Kier alpha value is -1.89. The van der Waals surface area contributed by atoms with E-state index in [9.17, 15) is 18.7 Å². The maximum atomic E-state index is 12.2. The van der Waals surface area contributed by atoms with Gasteiger partial charge in [0, 0.05) is 13.1 Å². The van der Waals surface area contributed by atoms with E-state index in [-0.39, 0.29) is 24.2 Å². The molecular weight excluding hydrogens is 294 g/mol. The SMILES string of the molecule is CC1CCN(C(=O)Nc2ccccc2OCC(F)F)CC1O. The Balaban J connectivity index is 1.99. The molecule has 122 valence electrons. The van der Waals surface area contributed by atoms with Gasteiger partial charge in [-0.05, 0) is 24.5 Å². The summed E-state index contributed by atoms with van der Waals surface area (Å²) in [6.45, 7) is 2.01. The molecule has 1 aliphatic heterocycles. The number of halogens is 2. The molecule has 1 heterocycles. The molecule has 5 nitrogen and oxygen atoms in total. The number of hydrogen-bond donors (Lipinski definition) is 2. The normalized spacial score (nSPS) is 21.8. The molecule has 1 aliphatic rings. The number of rotatable bonds is 4. The zero-order valence-electron chi connectivity index (χ0n) is 12.3. The summed E-state index contributed by atoms with van der Waals surface area (Å²) in [6.07, 6.45) is -2.41. The van der Waals surface area contributed by atoms with Crippen LogP contribution in [0.4, 0.5) is 19.3 Å². The molecule has 2 amide bonds. The molecule has 2 unspecified atom stereocenters. The number of hydrogen-bond acceptors (Lipinski definition) is 3. The van der Waals surface area contributed by atoms with Crippen molar-refractivity contribution in [2.24, 2.45) is 5.92 Å². The number of likely N-dealkylation sites (tertiary alicyclic amines) is 1. The first-order valence-corrected chi connectivity index (χ1v) is 7.21. The summed E-state index contributed by atoms with van der Waals surface area (Å²) in [7, 11) is 0. The van der Waals surface area contributed by atoms with Gasteiger partial charge < -0.3 is 20.1 Å². The third-order valence-corrected chi connectivity index (χ3v) is 3.70. The fourth-order valence-corrected chi connectivity index (χ4v) is 2.28. The molecule has 22 heavy (non-hydrogen) atoms. The van der Waals surface area contributed by atoms with Gasteiger partial charge in [0.15, 0.2) is 0 Å². The Morgan fingerprint density at radius 2 is 2.23 bits per heavy atom. The Labute approximate surface area is 127 Å². The van der Waals surface area contributed by atoms with E-state index in [1.165, 1.54) is 11.0 Å². The topological polar surface area (TPSA) is 61.8 Å². The van der Waals surface area contributed by atoms with Crippen LogP contribution < -0.4 is 10.1 Å². The van der Waals surface area contributed by atoms with Crippen LogP contribution in [0.25, 0.3) is 0 Å². The molecule has 0 aromatic heterocycles. The highest BCUT2D eigenvalue weighted by Crippen LogP contribution is 2.25. The minimum Gasteiger partial charge on any atom is -0.485 e. The number of piperidine rings is 1. The van der Waals surface area contributed by atoms with Crippen molar-refractivity contribution in [3.05, 3.63) is 24.3 Å². The number of β-amino-alcohol motifs (C(OH)–C–C–N with tert-alkyl or cyclic N) is 1. The Kier molecular flexibility index (Phi) is 5.54. The highest BCUT2D eigenvalue weighted by Gasteiger charge is 2.27. The second kappa shape index (κ2) is 7.40. The summed E-state index contributed by atoms with van der Waals surface area (Å²) < 4.78 is 29.5. The fraction of sp³-hybridized carbons (Fsp3) is 0.533. The molecule has 2 atom stereocenters. The average molecular weight is 314 g/mol. The maximum absolute atomic E-state index is 12.2. The minimum absolute atomic E-state index is 0.158. The van der Waals surface area contributed by atoms with Gasteiger partial charge in [-0.25, -0.2) is 13.6 Å². The van der Waals surface area contributed by atoms with Gasteiger partial charge in [0.2, 0.25) is 0 Å². The summed E-state index contributed by atoms with van der Waals surface area (Å²) in [5.74, 6) is 0.354. The molecule has 0 radical (unpaired) electrons.